The lowest BCUT2D eigenvalue weighted by molar-refractivity contribution is 0.143. The molecular weight excluding hydrogens is 216 g/mol. The highest BCUT2D eigenvalue weighted by molar-refractivity contribution is 5.62. The lowest BCUT2D eigenvalue weighted by Crippen LogP contribution is -2.37. The molecule has 0 aliphatic carbocycles. The van der Waals surface area contributed by atoms with Gasteiger partial charge in [0.05, 0.1) is 12.3 Å². The van der Waals surface area contributed by atoms with E-state index in [1.165, 1.54) is 12.8 Å². The van der Waals surface area contributed by atoms with Crippen LogP contribution in [-0.4, -0.2) is 31.8 Å². The van der Waals surface area contributed by atoms with E-state index in [-0.39, 0.29) is 0 Å². The smallest absolute Gasteiger partial charge is 0.149 e. The van der Waals surface area contributed by atoms with E-state index in [0.29, 0.717) is 17.4 Å². The number of nitrogen functional groups attached to an aromatic ring is 2. The Morgan fingerprint density at radius 1 is 1.47 bits per heavy atom. The minimum Gasteiger partial charge on any atom is -0.396 e. The van der Waals surface area contributed by atoms with Gasteiger partial charge in [-0.15, -0.1) is 0 Å². The third kappa shape index (κ3) is 2.79. The Morgan fingerprint density at radius 3 is 3.00 bits per heavy atom. The van der Waals surface area contributed by atoms with Crippen LogP contribution in [0.1, 0.15) is 12.8 Å². The molecule has 5 nitrogen and oxygen atoms in total. The van der Waals surface area contributed by atoms with Crippen molar-refractivity contribution in [3.8, 4) is 0 Å². The Hall–Kier alpha value is -1.49. The number of hydrogen-bond donors (Lipinski definition) is 2. The molecule has 1 aliphatic rings. The van der Waals surface area contributed by atoms with Crippen LogP contribution < -0.4 is 16.4 Å². The first-order valence-electron chi connectivity index (χ1n) is 5.96. The summed E-state index contributed by atoms with van der Waals surface area (Å²) in [6.07, 6.45) is 2.38. The zero-order valence-corrected chi connectivity index (χ0v) is 10.2. The number of methoxy groups -OCH3 is 1. The first-order valence-corrected chi connectivity index (χ1v) is 5.96. The Morgan fingerprint density at radius 2 is 2.29 bits per heavy atom. The molecule has 0 aromatic carbocycles. The molecule has 5 heteroatoms. The van der Waals surface area contributed by atoms with Gasteiger partial charge in [-0.3, -0.25) is 0 Å². The number of anilines is 3. The van der Waals surface area contributed by atoms with Crippen LogP contribution in [0.3, 0.4) is 0 Å². The quantitative estimate of drug-likeness (QED) is 0.822. The van der Waals surface area contributed by atoms with Crippen molar-refractivity contribution in [3.05, 3.63) is 12.1 Å². The maximum Gasteiger partial charge on any atom is 0.149 e. The SMILES string of the molecule is COCC1CCCN(c2ccc(N)c(N)n2)C1. The van der Waals surface area contributed by atoms with Gasteiger partial charge in [-0.2, -0.15) is 0 Å². The Balaban J connectivity index is 2.08. The van der Waals surface area contributed by atoms with Crippen LogP contribution in [-0.2, 0) is 4.74 Å². The molecule has 2 rings (SSSR count). The van der Waals surface area contributed by atoms with E-state index in [0.717, 1.165) is 25.5 Å². The summed E-state index contributed by atoms with van der Waals surface area (Å²) in [5.41, 5.74) is 11.9. The second-order valence-corrected chi connectivity index (χ2v) is 4.55. The molecule has 1 atom stereocenters. The van der Waals surface area contributed by atoms with Crippen LogP contribution in [0.2, 0.25) is 0 Å². The fourth-order valence-electron chi connectivity index (χ4n) is 2.30. The fourth-order valence-corrected chi connectivity index (χ4v) is 2.30. The minimum atomic E-state index is 0.413. The lowest BCUT2D eigenvalue weighted by atomic mass is 9.99. The number of hydrogen-bond acceptors (Lipinski definition) is 5. The van der Waals surface area contributed by atoms with Gasteiger partial charge in [0.2, 0.25) is 0 Å². The zero-order valence-electron chi connectivity index (χ0n) is 10.2. The number of nitrogens with two attached hydrogens (primary N) is 2. The molecule has 1 unspecified atom stereocenters. The first-order chi connectivity index (χ1) is 8.20. The van der Waals surface area contributed by atoms with Gasteiger partial charge in [0.1, 0.15) is 11.6 Å². The maximum absolute atomic E-state index is 5.73. The fraction of sp³-hybridized carbons (Fsp3) is 0.583. The van der Waals surface area contributed by atoms with Crippen molar-refractivity contribution in [2.45, 2.75) is 12.8 Å². The molecule has 17 heavy (non-hydrogen) atoms. The first kappa shape index (κ1) is 12.0. The van der Waals surface area contributed by atoms with E-state index in [1.54, 1.807) is 7.11 Å². The van der Waals surface area contributed by atoms with Crippen molar-refractivity contribution in [2.24, 2.45) is 5.92 Å². The summed E-state index contributed by atoms with van der Waals surface area (Å²) in [7, 11) is 1.75. The predicted octanol–water partition coefficient (Wildman–Crippen LogP) is 1.11. The molecule has 1 saturated heterocycles. The lowest BCUT2D eigenvalue weighted by Gasteiger charge is -2.33. The van der Waals surface area contributed by atoms with Crippen molar-refractivity contribution in [3.63, 3.8) is 0 Å². The summed E-state index contributed by atoms with van der Waals surface area (Å²) in [6, 6.07) is 3.75. The third-order valence-corrected chi connectivity index (χ3v) is 3.19. The van der Waals surface area contributed by atoms with Crippen molar-refractivity contribution in [2.75, 3.05) is 43.2 Å². The number of ether oxygens (including phenoxy) is 1. The van der Waals surface area contributed by atoms with E-state index >= 15 is 0 Å². The van der Waals surface area contributed by atoms with Crippen LogP contribution in [0.25, 0.3) is 0 Å². The minimum absolute atomic E-state index is 0.413. The van der Waals surface area contributed by atoms with E-state index in [1.807, 2.05) is 12.1 Å². The average molecular weight is 236 g/mol. The van der Waals surface area contributed by atoms with Crippen molar-refractivity contribution in [1.29, 1.82) is 0 Å². The van der Waals surface area contributed by atoms with Gasteiger partial charge in [0.25, 0.3) is 0 Å². The molecule has 94 valence electrons. The molecule has 0 bridgehead atoms. The summed E-state index contributed by atoms with van der Waals surface area (Å²) >= 11 is 0. The second kappa shape index (κ2) is 5.23. The van der Waals surface area contributed by atoms with E-state index < -0.39 is 0 Å². The number of pyridine rings is 1. The Kier molecular flexibility index (Phi) is 3.68. The van der Waals surface area contributed by atoms with Crippen LogP contribution in [0.15, 0.2) is 12.1 Å². The van der Waals surface area contributed by atoms with Crippen LogP contribution in [0.5, 0.6) is 0 Å². The molecule has 1 fully saturated rings. The molecule has 0 spiro atoms. The second-order valence-electron chi connectivity index (χ2n) is 4.55. The Labute approximate surface area is 102 Å². The monoisotopic (exact) mass is 236 g/mol. The van der Waals surface area contributed by atoms with E-state index in [4.69, 9.17) is 16.2 Å². The molecule has 0 radical (unpaired) electrons. The molecular formula is C12H20N4O. The summed E-state index contributed by atoms with van der Waals surface area (Å²) in [6.45, 7) is 2.81. The number of aromatic nitrogens is 1. The maximum atomic E-state index is 5.73. The standard InChI is InChI=1S/C12H20N4O/c1-17-8-9-3-2-6-16(7-9)11-5-4-10(13)12(14)15-11/h4-5,9H,2-3,6-8,13H2,1H3,(H2,14,15). The van der Waals surface area contributed by atoms with Gasteiger partial charge >= 0.3 is 0 Å². The summed E-state index contributed by atoms with van der Waals surface area (Å²) in [4.78, 5) is 6.58. The Bertz CT molecular complexity index is 381. The highest BCUT2D eigenvalue weighted by Gasteiger charge is 2.21. The van der Waals surface area contributed by atoms with Gasteiger partial charge in [0, 0.05) is 20.2 Å². The third-order valence-electron chi connectivity index (χ3n) is 3.19. The molecule has 1 aliphatic heterocycles. The van der Waals surface area contributed by atoms with Crippen molar-refractivity contribution >= 4 is 17.3 Å². The van der Waals surface area contributed by atoms with Crippen LogP contribution >= 0.6 is 0 Å². The van der Waals surface area contributed by atoms with Gasteiger partial charge < -0.3 is 21.1 Å². The predicted molar refractivity (Wildman–Crippen MR) is 69.9 cm³/mol. The summed E-state index contributed by atoms with van der Waals surface area (Å²) in [5, 5.41) is 0. The van der Waals surface area contributed by atoms with Crippen molar-refractivity contribution in [1.82, 2.24) is 4.98 Å². The topological polar surface area (TPSA) is 77.4 Å². The zero-order chi connectivity index (χ0) is 12.3. The highest BCUT2D eigenvalue weighted by atomic mass is 16.5. The van der Waals surface area contributed by atoms with Crippen LogP contribution in [0, 0.1) is 5.92 Å². The van der Waals surface area contributed by atoms with Gasteiger partial charge in [-0.1, -0.05) is 0 Å². The van der Waals surface area contributed by atoms with Crippen LogP contribution in [0.4, 0.5) is 17.3 Å². The largest absolute Gasteiger partial charge is 0.396 e. The molecule has 1 aromatic rings. The highest BCUT2D eigenvalue weighted by Crippen LogP contribution is 2.24. The van der Waals surface area contributed by atoms with Gasteiger partial charge in [-0.25, -0.2) is 4.98 Å². The number of piperidine rings is 1. The number of rotatable bonds is 3. The summed E-state index contributed by atoms with van der Waals surface area (Å²) < 4.78 is 5.22. The van der Waals surface area contributed by atoms with Crippen molar-refractivity contribution < 1.29 is 4.74 Å². The van der Waals surface area contributed by atoms with E-state index in [9.17, 15) is 0 Å². The van der Waals surface area contributed by atoms with Gasteiger partial charge in [0.15, 0.2) is 0 Å². The molecule has 0 saturated carbocycles. The molecule has 0 amide bonds. The molecule has 4 N–H and O–H groups in total. The number of nitrogens with zero attached hydrogens (tertiary/aromatic N) is 2. The summed E-state index contributed by atoms with van der Waals surface area (Å²) in [5.74, 6) is 1.91. The van der Waals surface area contributed by atoms with Gasteiger partial charge in [-0.05, 0) is 30.9 Å². The molecule has 1 aromatic heterocycles. The molecule has 2 heterocycles. The normalized spacial score (nSPS) is 20.5. The average Bonchev–Trinajstić information content (AvgIpc) is 2.33. The van der Waals surface area contributed by atoms with E-state index in [2.05, 4.69) is 9.88 Å².